The van der Waals surface area contributed by atoms with Gasteiger partial charge in [0.1, 0.15) is 0 Å². The van der Waals surface area contributed by atoms with Crippen LogP contribution >= 0.6 is 0 Å². The average Bonchev–Trinajstić information content (AvgIpc) is 2.27. The predicted molar refractivity (Wildman–Crippen MR) is 65.2 cm³/mol. The molecule has 0 radical (unpaired) electrons. The summed E-state index contributed by atoms with van der Waals surface area (Å²) >= 11 is 0. The molecule has 0 bridgehead atoms. The Kier molecular flexibility index (Phi) is 4.36. The molecule has 0 aromatic carbocycles. The lowest BCUT2D eigenvalue weighted by Gasteiger charge is -2.44. The van der Waals surface area contributed by atoms with Crippen molar-refractivity contribution in [3.05, 3.63) is 0 Å². The van der Waals surface area contributed by atoms with Crippen molar-refractivity contribution in [1.82, 2.24) is 4.90 Å². The summed E-state index contributed by atoms with van der Waals surface area (Å²) < 4.78 is 5.69. The van der Waals surface area contributed by atoms with Gasteiger partial charge >= 0.3 is 0 Å². The summed E-state index contributed by atoms with van der Waals surface area (Å²) in [5.74, 6) is 0.886. The minimum absolute atomic E-state index is 0.0201. The number of hydrogen-bond acceptors (Lipinski definition) is 2. The van der Waals surface area contributed by atoms with Crippen LogP contribution in [0.25, 0.3) is 0 Å². The zero-order chi connectivity index (χ0) is 12.3. The zero-order valence-corrected chi connectivity index (χ0v) is 11.2. The van der Waals surface area contributed by atoms with Gasteiger partial charge < -0.3 is 9.64 Å². The van der Waals surface area contributed by atoms with Gasteiger partial charge in [0.2, 0.25) is 5.91 Å². The first-order valence-electron chi connectivity index (χ1n) is 6.27. The fourth-order valence-electron chi connectivity index (χ4n) is 2.49. The summed E-state index contributed by atoms with van der Waals surface area (Å²) in [6, 6.07) is 0. The lowest BCUT2D eigenvalue weighted by Crippen LogP contribution is -2.51. The van der Waals surface area contributed by atoms with Crippen molar-refractivity contribution in [2.45, 2.75) is 46.1 Å². The third-order valence-corrected chi connectivity index (χ3v) is 3.87. The molecule has 1 fully saturated rings. The number of ether oxygens (including phenoxy) is 1. The van der Waals surface area contributed by atoms with Gasteiger partial charge in [0.15, 0.2) is 0 Å². The van der Waals surface area contributed by atoms with E-state index in [2.05, 4.69) is 13.8 Å². The van der Waals surface area contributed by atoms with Crippen LogP contribution in [0.15, 0.2) is 0 Å². The van der Waals surface area contributed by atoms with Crippen molar-refractivity contribution >= 4 is 5.91 Å². The number of likely N-dealkylation sites (tertiary alicyclic amines) is 1. The maximum Gasteiger partial charge on any atom is 0.225 e. The molecule has 1 saturated heterocycles. The number of amides is 1. The Morgan fingerprint density at radius 2 is 1.69 bits per heavy atom. The first kappa shape index (κ1) is 13.5. The third-order valence-electron chi connectivity index (χ3n) is 3.87. The molecule has 1 aliphatic heterocycles. The van der Waals surface area contributed by atoms with E-state index < -0.39 is 0 Å². The highest BCUT2D eigenvalue weighted by molar-refractivity contribution is 5.78. The highest BCUT2D eigenvalue weighted by atomic mass is 16.5. The largest absolute Gasteiger partial charge is 0.378 e. The monoisotopic (exact) mass is 227 g/mol. The molecule has 0 unspecified atom stereocenters. The smallest absolute Gasteiger partial charge is 0.225 e. The van der Waals surface area contributed by atoms with Crippen LogP contribution in [0.4, 0.5) is 0 Å². The minimum Gasteiger partial charge on any atom is -0.378 e. The van der Waals surface area contributed by atoms with Crippen LogP contribution in [0.5, 0.6) is 0 Å². The van der Waals surface area contributed by atoms with Gasteiger partial charge in [0.25, 0.3) is 0 Å². The summed E-state index contributed by atoms with van der Waals surface area (Å²) in [4.78, 5) is 13.8. The number of carbonyl (C=O) groups is 1. The van der Waals surface area contributed by atoms with E-state index in [9.17, 15) is 4.79 Å². The molecule has 94 valence electrons. The van der Waals surface area contributed by atoms with E-state index in [0.29, 0.717) is 5.92 Å². The van der Waals surface area contributed by atoms with Gasteiger partial charge in [0, 0.05) is 26.1 Å². The van der Waals surface area contributed by atoms with E-state index in [1.807, 2.05) is 18.7 Å². The average molecular weight is 227 g/mol. The molecule has 0 saturated carbocycles. The first-order chi connectivity index (χ1) is 7.43. The van der Waals surface area contributed by atoms with Gasteiger partial charge in [0.05, 0.1) is 5.60 Å². The number of hydrogen-bond donors (Lipinski definition) is 0. The van der Waals surface area contributed by atoms with Crippen molar-refractivity contribution in [2.24, 2.45) is 11.8 Å². The molecule has 16 heavy (non-hydrogen) atoms. The van der Waals surface area contributed by atoms with Gasteiger partial charge in [-0.25, -0.2) is 0 Å². The molecule has 0 aromatic rings. The molecule has 1 heterocycles. The van der Waals surface area contributed by atoms with Gasteiger partial charge in [-0.05, 0) is 18.8 Å². The standard InChI is InChI=1S/C13H25NO2/c1-10(2)12(15)14-8-6-13(16-5,7-9-14)11(3)4/h10-11H,6-9H2,1-5H3. The maximum absolute atomic E-state index is 11.9. The fourth-order valence-corrected chi connectivity index (χ4v) is 2.49. The fraction of sp³-hybridized carbons (Fsp3) is 0.923. The number of rotatable bonds is 3. The van der Waals surface area contributed by atoms with Crippen molar-refractivity contribution < 1.29 is 9.53 Å². The summed E-state index contributed by atoms with van der Waals surface area (Å²) in [6.45, 7) is 9.99. The molecule has 3 heteroatoms. The first-order valence-corrected chi connectivity index (χ1v) is 6.27. The number of nitrogens with zero attached hydrogens (tertiary/aromatic N) is 1. The molecule has 3 nitrogen and oxygen atoms in total. The number of methoxy groups -OCH3 is 1. The van der Waals surface area contributed by atoms with Gasteiger partial charge in [-0.1, -0.05) is 27.7 Å². The Morgan fingerprint density at radius 3 is 2.00 bits per heavy atom. The van der Waals surface area contributed by atoms with Crippen LogP contribution in [-0.2, 0) is 9.53 Å². The van der Waals surface area contributed by atoms with Crippen LogP contribution in [0.2, 0.25) is 0 Å². The minimum atomic E-state index is -0.0201. The van der Waals surface area contributed by atoms with E-state index in [-0.39, 0.29) is 17.4 Å². The Morgan fingerprint density at radius 1 is 1.19 bits per heavy atom. The highest BCUT2D eigenvalue weighted by Crippen LogP contribution is 2.33. The van der Waals surface area contributed by atoms with Crippen molar-refractivity contribution in [3.8, 4) is 0 Å². The molecule has 0 N–H and O–H groups in total. The van der Waals surface area contributed by atoms with Gasteiger partial charge in [-0.2, -0.15) is 0 Å². The summed E-state index contributed by atoms with van der Waals surface area (Å²) in [6.07, 6.45) is 1.92. The highest BCUT2D eigenvalue weighted by Gasteiger charge is 2.38. The predicted octanol–water partition coefficient (Wildman–Crippen LogP) is 2.31. The quantitative estimate of drug-likeness (QED) is 0.740. The molecule has 1 amide bonds. The van der Waals surface area contributed by atoms with Crippen LogP contribution in [0, 0.1) is 11.8 Å². The third kappa shape index (κ3) is 2.57. The lowest BCUT2D eigenvalue weighted by molar-refractivity contribution is -0.142. The Labute approximate surface area is 99.1 Å². The van der Waals surface area contributed by atoms with E-state index in [0.717, 1.165) is 25.9 Å². The normalized spacial score (nSPS) is 20.6. The second kappa shape index (κ2) is 5.17. The van der Waals surface area contributed by atoms with Crippen LogP contribution in [-0.4, -0.2) is 36.6 Å². The summed E-state index contributed by atoms with van der Waals surface area (Å²) in [5.41, 5.74) is -0.0201. The summed E-state index contributed by atoms with van der Waals surface area (Å²) in [5, 5.41) is 0. The second-order valence-corrected chi connectivity index (χ2v) is 5.40. The van der Waals surface area contributed by atoms with Gasteiger partial charge in [-0.3, -0.25) is 4.79 Å². The molecular formula is C13H25NO2. The molecule has 0 aliphatic carbocycles. The van der Waals surface area contributed by atoms with Gasteiger partial charge in [-0.15, -0.1) is 0 Å². The summed E-state index contributed by atoms with van der Waals surface area (Å²) in [7, 11) is 1.79. The zero-order valence-electron chi connectivity index (χ0n) is 11.2. The maximum atomic E-state index is 11.9. The van der Waals surface area contributed by atoms with E-state index >= 15 is 0 Å². The van der Waals surface area contributed by atoms with Crippen LogP contribution < -0.4 is 0 Å². The Balaban J connectivity index is 2.59. The molecule has 0 spiro atoms. The topological polar surface area (TPSA) is 29.5 Å². The van der Waals surface area contributed by atoms with Crippen molar-refractivity contribution in [2.75, 3.05) is 20.2 Å². The van der Waals surface area contributed by atoms with Crippen molar-refractivity contribution in [3.63, 3.8) is 0 Å². The van der Waals surface area contributed by atoms with Crippen LogP contribution in [0.1, 0.15) is 40.5 Å². The van der Waals surface area contributed by atoms with E-state index in [4.69, 9.17) is 4.74 Å². The SMILES string of the molecule is COC1(C(C)C)CCN(C(=O)C(C)C)CC1. The molecule has 0 atom stereocenters. The Bertz CT molecular complexity index is 240. The molecule has 0 aromatic heterocycles. The molecule has 1 rings (SSSR count). The molecule has 1 aliphatic rings. The second-order valence-electron chi connectivity index (χ2n) is 5.40. The number of carbonyl (C=O) groups excluding carboxylic acids is 1. The molecular weight excluding hydrogens is 202 g/mol. The number of piperidine rings is 1. The van der Waals surface area contributed by atoms with E-state index in [1.54, 1.807) is 7.11 Å². The van der Waals surface area contributed by atoms with Crippen LogP contribution in [0.3, 0.4) is 0 Å². The lowest BCUT2D eigenvalue weighted by atomic mass is 9.81. The Hall–Kier alpha value is -0.570. The van der Waals surface area contributed by atoms with Crippen molar-refractivity contribution in [1.29, 1.82) is 0 Å². The van der Waals surface area contributed by atoms with E-state index in [1.165, 1.54) is 0 Å².